The van der Waals surface area contributed by atoms with E-state index in [4.69, 9.17) is 0 Å². The van der Waals surface area contributed by atoms with Gasteiger partial charge in [-0.1, -0.05) is 15.9 Å². The van der Waals surface area contributed by atoms with Crippen molar-refractivity contribution in [2.75, 3.05) is 12.5 Å². The van der Waals surface area contributed by atoms with Crippen molar-refractivity contribution in [1.29, 1.82) is 0 Å². The maximum absolute atomic E-state index is 11.2. The van der Waals surface area contributed by atoms with E-state index in [1.165, 1.54) is 18.0 Å². The Morgan fingerprint density at radius 1 is 1.31 bits per heavy atom. The van der Waals surface area contributed by atoms with Crippen molar-refractivity contribution in [3.8, 4) is 0 Å². The molecule has 0 aromatic heterocycles. The predicted octanol–water partition coefficient (Wildman–Crippen LogP) is 2.57. The highest BCUT2D eigenvalue weighted by Crippen LogP contribution is 2.24. The molecule has 1 aromatic rings. The summed E-state index contributed by atoms with van der Waals surface area (Å²) in [4.78, 5) is 1.29. The van der Waals surface area contributed by atoms with Crippen molar-refractivity contribution < 1.29 is 8.42 Å². The standard InChI is InChI=1S/C8H9BrO2S2/c1-12-7-3-6(9)4-8(5-7)13(2,10)11/h3-5H,1-2H3. The molecule has 1 rings (SSSR count). The van der Waals surface area contributed by atoms with E-state index in [2.05, 4.69) is 15.9 Å². The van der Waals surface area contributed by atoms with Crippen molar-refractivity contribution in [2.45, 2.75) is 9.79 Å². The molecule has 0 bridgehead atoms. The zero-order chi connectivity index (χ0) is 10.1. The number of halogens is 1. The molecule has 72 valence electrons. The van der Waals surface area contributed by atoms with E-state index in [9.17, 15) is 8.42 Å². The molecule has 0 fully saturated rings. The molecule has 0 N–H and O–H groups in total. The molecule has 13 heavy (non-hydrogen) atoms. The maximum atomic E-state index is 11.2. The molecule has 0 amide bonds. The van der Waals surface area contributed by atoms with Gasteiger partial charge in [0.2, 0.25) is 0 Å². The monoisotopic (exact) mass is 280 g/mol. The van der Waals surface area contributed by atoms with Crippen molar-refractivity contribution in [1.82, 2.24) is 0 Å². The first kappa shape index (κ1) is 11.1. The second-order valence-electron chi connectivity index (χ2n) is 2.60. The third-order valence-electron chi connectivity index (χ3n) is 1.51. The second kappa shape index (κ2) is 4.02. The Labute approximate surface area is 90.8 Å². The minimum absolute atomic E-state index is 0.353. The Morgan fingerprint density at radius 3 is 2.38 bits per heavy atom. The molecule has 0 aliphatic heterocycles. The van der Waals surface area contributed by atoms with Crippen LogP contribution in [0, 0.1) is 0 Å². The zero-order valence-corrected chi connectivity index (χ0v) is 10.5. The average molecular weight is 281 g/mol. The van der Waals surface area contributed by atoms with Crippen LogP contribution in [0.3, 0.4) is 0 Å². The van der Waals surface area contributed by atoms with Gasteiger partial charge in [0.25, 0.3) is 0 Å². The minimum atomic E-state index is -3.10. The summed E-state index contributed by atoms with van der Waals surface area (Å²) in [7, 11) is -3.10. The van der Waals surface area contributed by atoms with Crippen molar-refractivity contribution in [3.05, 3.63) is 22.7 Å². The first-order valence-electron chi connectivity index (χ1n) is 3.48. The molecule has 0 saturated carbocycles. The summed E-state index contributed by atoms with van der Waals surface area (Å²) in [6.45, 7) is 0. The van der Waals surface area contributed by atoms with E-state index in [0.717, 1.165) is 9.37 Å². The van der Waals surface area contributed by atoms with Gasteiger partial charge < -0.3 is 0 Å². The molecule has 5 heteroatoms. The summed E-state index contributed by atoms with van der Waals surface area (Å²) in [5.41, 5.74) is 0. The highest BCUT2D eigenvalue weighted by atomic mass is 79.9. The summed E-state index contributed by atoms with van der Waals surface area (Å²) < 4.78 is 23.2. The van der Waals surface area contributed by atoms with Gasteiger partial charge in [-0.2, -0.15) is 0 Å². The summed E-state index contributed by atoms with van der Waals surface area (Å²) >= 11 is 4.79. The fourth-order valence-corrected chi connectivity index (χ4v) is 2.91. The van der Waals surface area contributed by atoms with Gasteiger partial charge in [-0.15, -0.1) is 11.8 Å². The van der Waals surface area contributed by atoms with E-state index in [1.54, 1.807) is 12.1 Å². The van der Waals surface area contributed by atoms with Gasteiger partial charge in [-0.05, 0) is 24.5 Å². The lowest BCUT2D eigenvalue weighted by molar-refractivity contribution is 0.601. The van der Waals surface area contributed by atoms with Crippen LogP contribution in [0.15, 0.2) is 32.5 Å². The Morgan fingerprint density at radius 2 is 1.92 bits per heavy atom. The summed E-state index contributed by atoms with van der Waals surface area (Å²) in [5.74, 6) is 0. The van der Waals surface area contributed by atoms with Crippen LogP contribution >= 0.6 is 27.7 Å². The highest BCUT2D eigenvalue weighted by Gasteiger charge is 2.08. The molecule has 0 aliphatic rings. The van der Waals surface area contributed by atoms with Crippen LogP contribution in [-0.4, -0.2) is 20.9 Å². The van der Waals surface area contributed by atoms with Crippen LogP contribution in [0.5, 0.6) is 0 Å². The Bertz CT molecular complexity index is 412. The molecule has 0 radical (unpaired) electrons. The van der Waals surface area contributed by atoms with Crippen LogP contribution in [0.4, 0.5) is 0 Å². The zero-order valence-electron chi connectivity index (χ0n) is 7.24. The van der Waals surface area contributed by atoms with Crippen LogP contribution in [-0.2, 0) is 9.84 Å². The quantitative estimate of drug-likeness (QED) is 0.781. The molecule has 0 aliphatic carbocycles. The van der Waals surface area contributed by atoms with Crippen LogP contribution in [0.2, 0.25) is 0 Å². The predicted molar refractivity (Wildman–Crippen MR) is 59.0 cm³/mol. The van der Waals surface area contributed by atoms with Crippen molar-refractivity contribution in [2.24, 2.45) is 0 Å². The summed E-state index contributed by atoms with van der Waals surface area (Å²) in [6, 6.07) is 5.17. The van der Waals surface area contributed by atoms with Crippen molar-refractivity contribution in [3.63, 3.8) is 0 Å². The molecule has 0 heterocycles. The van der Waals surface area contributed by atoms with Gasteiger partial charge in [-0.3, -0.25) is 0 Å². The Hall–Kier alpha value is -0.000000000000000111. The van der Waals surface area contributed by atoms with Crippen LogP contribution < -0.4 is 0 Å². The average Bonchev–Trinajstić information content (AvgIpc) is 2.01. The van der Waals surface area contributed by atoms with Gasteiger partial charge in [0, 0.05) is 15.6 Å². The minimum Gasteiger partial charge on any atom is -0.224 e. The van der Waals surface area contributed by atoms with Gasteiger partial charge in [0.05, 0.1) is 4.90 Å². The molecule has 0 saturated heterocycles. The Balaban J connectivity index is 3.33. The first-order chi connectivity index (χ1) is 5.93. The van der Waals surface area contributed by atoms with E-state index < -0.39 is 9.84 Å². The second-order valence-corrected chi connectivity index (χ2v) is 6.41. The lowest BCUT2D eigenvalue weighted by atomic mass is 10.4. The number of hydrogen-bond donors (Lipinski definition) is 0. The highest BCUT2D eigenvalue weighted by molar-refractivity contribution is 9.10. The van der Waals surface area contributed by atoms with Crippen molar-refractivity contribution >= 4 is 37.5 Å². The van der Waals surface area contributed by atoms with Gasteiger partial charge in [0.1, 0.15) is 0 Å². The molecular weight excluding hydrogens is 272 g/mol. The van der Waals surface area contributed by atoms with E-state index in [-0.39, 0.29) is 0 Å². The lowest BCUT2D eigenvalue weighted by Crippen LogP contribution is -1.96. The summed E-state index contributed by atoms with van der Waals surface area (Å²) in [6.07, 6.45) is 3.12. The SMILES string of the molecule is CSc1cc(Br)cc(S(C)(=O)=O)c1. The van der Waals surface area contributed by atoms with Gasteiger partial charge in [-0.25, -0.2) is 8.42 Å². The fourth-order valence-electron chi connectivity index (χ4n) is 0.869. The Kier molecular flexibility index (Phi) is 3.43. The first-order valence-corrected chi connectivity index (χ1v) is 7.39. The number of rotatable bonds is 2. The van der Waals surface area contributed by atoms with E-state index in [1.807, 2.05) is 12.3 Å². The summed E-state index contributed by atoms with van der Waals surface area (Å²) in [5, 5.41) is 0. The molecule has 0 unspecified atom stereocenters. The number of thioether (sulfide) groups is 1. The fraction of sp³-hybridized carbons (Fsp3) is 0.250. The number of benzene rings is 1. The maximum Gasteiger partial charge on any atom is 0.175 e. The van der Waals surface area contributed by atoms with E-state index >= 15 is 0 Å². The van der Waals surface area contributed by atoms with Gasteiger partial charge >= 0.3 is 0 Å². The normalized spacial score (nSPS) is 11.6. The molecule has 2 nitrogen and oxygen atoms in total. The molecular formula is C8H9BrO2S2. The largest absolute Gasteiger partial charge is 0.224 e. The van der Waals surface area contributed by atoms with Gasteiger partial charge in [0.15, 0.2) is 9.84 Å². The molecule has 0 spiro atoms. The molecule has 0 atom stereocenters. The third-order valence-corrected chi connectivity index (χ3v) is 3.77. The lowest BCUT2D eigenvalue weighted by Gasteiger charge is -2.02. The number of sulfone groups is 1. The van der Waals surface area contributed by atoms with Crippen LogP contribution in [0.1, 0.15) is 0 Å². The van der Waals surface area contributed by atoms with E-state index in [0.29, 0.717) is 4.90 Å². The third kappa shape index (κ3) is 3.00. The topological polar surface area (TPSA) is 34.1 Å². The number of hydrogen-bond acceptors (Lipinski definition) is 3. The smallest absolute Gasteiger partial charge is 0.175 e. The van der Waals surface area contributed by atoms with Crippen LogP contribution in [0.25, 0.3) is 0 Å². The molecule has 1 aromatic carbocycles.